The number of hydrogen-bond acceptors (Lipinski definition) is 4. The van der Waals surface area contributed by atoms with E-state index >= 15 is 0 Å². The maximum absolute atomic E-state index is 4.60. The van der Waals surface area contributed by atoms with Gasteiger partial charge in [-0.1, -0.05) is 0 Å². The van der Waals surface area contributed by atoms with Crippen LogP contribution in [0.3, 0.4) is 0 Å². The SMILES string of the molecule is c1cc2sccc2c(N2CCc3sccc3C2)n1. The van der Waals surface area contributed by atoms with Gasteiger partial charge >= 0.3 is 0 Å². The van der Waals surface area contributed by atoms with E-state index < -0.39 is 0 Å². The van der Waals surface area contributed by atoms with Crippen LogP contribution in [0.25, 0.3) is 10.1 Å². The van der Waals surface area contributed by atoms with E-state index in [4.69, 9.17) is 0 Å². The molecule has 0 fully saturated rings. The Hall–Kier alpha value is -1.39. The normalized spacial score (nSPS) is 15.0. The van der Waals surface area contributed by atoms with Crippen LogP contribution in [0.5, 0.6) is 0 Å². The van der Waals surface area contributed by atoms with Crippen molar-refractivity contribution in [1.29, 1.82) is 0 Å². The van der Waals surface area contributed by atoms with Crippen LogP contribution in [0.4, 0.5) is 5.82 Å². The molecule has 2 nitrogen and oxygen atoms in total. The minimum atomic E-state index is 1.00. The molecule has 3 aromatic heterocycles. The minimum absolute atomic E-state index is 1.00. The molecule has 0 spiro atoms. The summed E-state index contributed by atoms with van der Waals surface area (Å²) >= 11 is 3.67. The number of anilines is 1. The zero-order valence-electron chi connectivity index (χ0n) is 9.80. The molecule has 0 saturated carbocycles. The average molecular weight is 272 g/mol. The Morgan fingerprint density at radius 1 is 1.11 bits per heavy atom. The van der Waals surface area contributed by atoms with Crippen LogP contribution in [0, 0.1) is 0 Å². The van der Waals surface area contributed by atoms with E-state index in [0.29, 0.717) is 0 Å². The summed E-state index contributed by atoms with van der Waals surface area (Å²) in [6.45, 7) is 2.08. The van der Waals surface area contributed by atoms with Crippen LogP contribution < -0.4 is 4.90 Å². The highest BCUT2D eigenvalue weighted by atomic mass is 32.1. The largest absolute Gasteiger partial charge is 0.351 e. The Kier molecular flexibility index (Phi) is 2.38. The first-order chi connectivity index (χ1) is 8.92. The van der Waals surface area contributed by atoms with Crippen LogP contribution in [-0.2, 0) is 13.0 Å². The Labute approximate surface area is 114 Å². The van der Waals surface area contributed by atoms with Crippen molar-refractivity contribution in [2.24, 2.45) is 0 Å². The van der Waals surface area contributed by atoms with E-state index in [1.54, 1.807) is 16.2 Å². The molecule has 0 radical (unpaired) electrons. The molecule has 1 aliphatic heterocycles. The smallest absolute Gasteiger partial charge is 0.137 e. The van der Waals surface area contributed by atoms with Gasteiger partial charge in [-0.05, 0) is 40.9 Å². The van der Waals surface area contributed by atoms with Gasteiger partial charge in [0.1, 0.15) is 5.82 Å². The molecule has 4 rings (SSSR count). The second-order valence-electron chi connectivity index (χ2n) is 4.51. The molecule has 90 valence electrons. The molecule has 0 amide bonds. The lowest BCUT2D eigenvalue weighted by molar-refractivity contribution is 0.736. The highest BCUT2D eigenvalue weighted by Crippen LogP contribution is 2.32. The van der Waals surface area contributed by atoms with Crippen molar-refractivity contribution in [3.05, 3.63) is 45.6 Å². The van der Waals surface area contributed by atoms with Crippen LogP contribution in [0.1, 0.15) is 10.4 Å². The minimum Gasteiger partial charge on any atom is -0.351 e. The van der Waals surface area contributed by atoms with Crippen molar-refractivity contribution in [1.82, 2.24) is 4.98 Å². The first kappa shape index (κ1) is 10.5. The van der Waals surface area contributed by atoms with Gasteiger partial charge in [0.15, 0.2) is 0 Å². The van der Waals surface area contributed by atoms with E-state index in [-0.39, 0.29) is 0 Å². The van der Waals surface area contributed by atoms with Gasteiger partial charge in [-0.15, -0.1) is 22.7 Å². The van der Waals surface area contributed by atoms with Gasteiger partial charge in [0.25, 0.3) is 0 Å². The van der Waals surface area contributed by atoms with Gasteiger partial charge in [-0.25, -0.2) is 4.98 Å². The molecule has 0 aromatic carbocycles. The molecule has 0 saturated heterocycles. The van der Waals surface area contributed by atoms with E-state index in [1.165, 1.54) is 15.6 Å². The number of pyridine rings is 1. The quantitative estimate of drug-likeness (QED) is 0.667. The van der Waals surface area contributed by atoms with E-state index in [9.17, 15) is 0 Å². The fourth-order valence-electron chi connectivity index (χ4n) is 2.56. The summed E-state index contributed by atoms with van der Waals surface area (Å²) in [5, 5.41) is 5.64. The fourth-order valence-corrected chi connectivity index (χ4v) is 4.23. The Bertz CT molecular complexity index is 698. The standard InChI is InChI=1S/C14H12N2S2/c1-5-15-14(11-4-8-18-13(1)11)16-6-2-12-10(9-16)3-7-17-12/h1,3-5,7-8H,2,6,9H2. The third-order valence-corrected chi connectivity index (χ3v) is 5.37. The summed E-state index contributed by atoms with van der Waals surface area (Å²) in [6, 6.07) is 6.54. The number of aromatic nitrogens is 1. The van der Waals surface area contributed by atoms with E-state index in [2.05, 4.69) is 38.8 Å². The predicted molar refractivity (Wildman–Crippen MR) is 78.7 cm³/mol. The zero-order valence-corrected chi connectivity index (χ0v) is 11.4. The van der Waals surface area contributed by atoms with Crippen molar-refractivity contribution < 1.29 is 0 Å². The number of thiophene rings is 2. The third kappa shape index (κ3) is 1.56. The molecule has 3 aromatic rings. The van der Waals surface area contributed by atoms with Crippen LogP contribution in [0.2, 0.25) is 0 Å². The monoisotopic (exact) mass is 272 g/mol. The van der Waals surface area contributed by atoms with Crippen LogP contribution in [-0.4, -0.2) is 11.5 Å². The van der Waals surface area contributed by atoms with Gasteiger partial charge in [0.2, 0.25) is 0 Å². The van der Waals surface area contributed by atoms with Crippen molar-refractivity contribution in [3.63, 3.8) is 0 Å². The lowest BCUT2D eigenvalue weighted by Crippen LogP contribution is -2.30. The first-order valence-corrected chi connectivity index (χ1v) is 7.80. The summed E-state index contributed by atoms with van der Waals surface area (Å²) in [6.07, 6.45) is 3.08. The number of fused-ring (bicyclic) bond motifs is 2. The summed E-state index contributed by atoms with van der Waals surface area (Å²) in [5.41, 5.74) is 1.47. The lowest BCUT2D eigenvalue weighted by atomic mass is 10.1. The summed E-state index contributed by atoms with van der Waals surface area (Å²) in [7, 11) is 0. The molecule has 4 heteroatoms. The molecular weight excluding hydrogens is 260 g/mol. The van der Waals surface area contributed by atoms with Crippen molar-refractivity contribution in [2.45, 2.75) is 13.0 Å². The second-order valence-corrected chi connectivity index (χ2v) is 6.46. The molecule has 1 aliphatic rings. The third-order valence-electron chi connectivity index (χ3n) is 3.47. The Morgan fingerprint density at radius 3 is 3.06 bits per heavy atom. The second kappa shape index (κ2) is 4.07. The highest BCUT2D eigenvalue weighted by Gasteiger charge is 2.19. The topological polar surface area (TPSA) is 16.1 Å². The van der Waals surface area contributed by atoms with E-state index in [0.717, 1.165) is 25.3 Å². The summed E-state index contributed by atoms with van der Waals surface area (Å²) in [4.78, 5) is 8.55. The number of nitrogens with zero attached hydrogens (tertiary/aromatic N) is 2. The Morgan fingerprint density at radius 2 is 2.06 bits per heavy atom. The molecule has 0 bridgehead atoms. The highest BCUT2D eigenvalue weighted by molar-refractivity contribution is 7.17. The average Bonchev–Trinajstić information content (AvgIpc) is 3.05. The molecular formula is C14H12N2S2. The molecule has 18 heavy (non-hydrogen) atoms. The molecule has 0 aliphatic carbocycles. The molecule has 0 unspecified atom stereocenters. The van der Waals surface area contributed by atoms with Crippen LogP contribution in [0.15, 0.2) is 35.2 Å². The number of hydrogen-bond donors (Lipinski definition) is 0. The van der Waals surface area contributed by atoms with Crippen molar-refractivity contribution in [3.8, 4) is 0 Å². The van der Waals surface area contributed by atoms with Gasteiger partial charge in [0.05, 0.1) is 0 Å². The van der Waals surface area contributed by atoms with Gasteiger partial charge < -0.3 is 4.90 Å². The Balaban J connectivity index is 1.78. The number of rotatable bonds is 1. The molecule has 4 heterocycles. The van der Waals surface area contributed by atoms with Crippen LogP contribution >= 0.6 is 22.7 Å². The summed E-state index contributed by atoms with van der Waals surface area (Å²) < 4.78 is 1.33. The predicted octanol–water partition coefficient (Wildman–Crippen LogP) is 3.92. The van der Waals surface area contributed by atoms with Gasteiger partial charge in [-0.2, -0.15) is 0 Å². The molecule has 0 atom stereocenters. The lowest BCUT2D eigenvalue weighted by Gasteiger charge is -2.28. The van der Waals surface area contributed by atoms with Gasteiger partial charge in [-0.3, -0.25) is 0 Å². The van der Waals surface area contributed by atoms with Gasteiger partial charge in [0, 0.05) is 34.2 Å². The fraction of sp³-hybridized carbons (Fsp3) is 0.214. The van der Waals surface area contributed by atoms with Crippen molar-refractivity contribution >= 4 is 38.6 Å². The van der Waals surface area contributed by atoms with Crippen molar-refractivity contribution in [2.75, 3.05) is 11.4 Å². The van der Waals surface area contributed by atoms with E-state index in [1.807, 2.05) is 17.5 Å². The first-order valence-electron chi connectivity index (χ1n) is 6.04. The zero-order chi connectivity index (χ0) is 11.9. The summed E-state index contributed by atoms with van der Waals surface area (Å²) in [5.74, 6) is 1.14. The maximum Gasteiger partial charge on any atom is 0.137 e. The molecule has 0 N–H and O–H groups in total. The maximum atomic E-state index is 4.60.